The predicted octanol–water partition coefficient (Wildman–Crippen LogP) is 2.49. The Kier molecular flexibility index (Phi) is 4.23. The van der Waals surface area contributed by atoms with Gasteiger partial charge in [0.2, 0.25) is 0 Å². The molecule has 1 amide bonds. The fourth-order valence-electron chi connectivity index (χ4n) is 1.39. The number of carbonyl (C=O) groups is 1. The lowest BCUT2D eigenvalue weighted by atomic mass is 10.3. The number of allylic oxidation sites excluding steroid dienone is 1. The van der Waals surface area contributed by atoms with Crippen LogP contribution < -0.4 is 5.43 Å². The van der Waals surface area contributed by atoms with Crippen molar-refractivity contribution in [3.8, 4) is 0 Å². The van der Waals surface area contributed by atoms with Crippen molar-refractivity contribution in [3.05, 3.63) is 59.8 Å². The van der Waals surface area contributed by atoms with E-state index in [1.807, 2.05) is 19.1 Å². The number of nitrogens with zero attached hydrogens (tertiary/aromatic N) is 2. The van der Waals surface area contributed by atoms with Crippen LogP contribution in [-0.2, 0) is 0 Å². The van der Waals surface area contributed by atoms with Gasteiger partial charge in [0, 0.05) is 12.4 Å². The molecule has 0 aliphatic heterocycles. The van der Waals surface area contributed by atoms with Gasteiger partial charge in [0.05, 0.1) is 18.0 Å². The zero-order chi connectivity index (χ0) is 13.5. The van der Waals surface area contributed by atoms with Gasteiger partial charge in [0.25, 0.3) is 5.91 Å². The molecule has 0 aliphatic rings. The molecule has 0 fully saturated rings. The second-order valence-corrected chi connectivity index (χ2v) is 3.84. The van der Waals surface area contributed by atoms with Crippen LogP contribution in [0.4, 0.5) is 0 Å². The zero-order valence-electron chi connectivity index (χ0n) is 10.4. The van der Waals surface area contributed by atoms with Crippen LogP contribution in [0.5, 0.6) is 0 Å². The number of carbonyl (C=O) groups excluding carboxylic acids is 1. The molecule has 0 unspecified atom stereocenters. The fraction of sp³-hybridized carbons (Fsp3) is 0.0714. The van der Waals surface area contributed by atoms with Gasteiger partial charge in [0.15, 0.2) is 0 Å². The molecule has 19 heavy (non-hydrogen) atoms. The lowest BCUT2D eigenvalue weighted by Crippen LogP contribution is -2.17. The Balaban J connectivity index is 1.92. The molecule has 2 aromatic heterocycles. The molecule has 0 saturated heterocycles. The zero-order valence-corrected chi connectivity index (χ0v) is 10.4. The highest BCUT2D eigenvalue weighted by Gasteiger charge is 2.02. The van der Waals surface area contributed by atoms with E-state index in [9.17, 15) is 4.79 Å². The molecule has 2 heterocycles. The van der Waals surface area contributed by atoms with Crippen molar-refractivity contribution in [2.24, 2.45) is 5.10 Å². The topological polar surface area (TPSA) is 67.5 Å². The first-order chi connectivity index (χ1) is 9.25. The fourth-order valence-corrected chi connectivity index (χ4v) is 1.39. The smallest absolute Gasteiger partial charge is 0.272 e. The van der Waals surface area contributed by atoms with Crippen LogP contribution in [0.1, 0.15) is 23.0 Å². The largest absolute Gasteiger partial charge is 0.465 e. The van der Waals surface area contributed by atoms with Gasteiger partial charge in [-0.05, 0) is 42.8 Å². The van der Waals surface area contributed by atoms with E-state index in [1.54, 1.807) is 36.9 Å². The van der Waals surface area contributed by atoms with Gasteiger partial charge in [-0.1, -0.05) is 0 Å². The van der Waals surface area contributed by atoms with E-state index in [1.165, 1.54) is 6.20 Å². The predicted molar refractivity (Wildman–Crippen MR) is 72.6 cm³/mol. The van der Waals surface area contributed by atoms with Crippen molar-refractivity contribution in [1.29, 1.82) is 0 Å². The SMILES string of the molecule is C/C(C=NNC(=O)c1cccnc1)=C/c1ccco1. The number of hydrogen-bond acceptors (Lipinski definition) is 4. The van der Waals surface area contributed by atoms with Crippen LogP contribution in [0.25, 0.3) is 6.08 Å². The maximum atomic E-state index is 11.6. The highest BCUT2D eigenvalue weighted by molar-refractivity contribution is 5.94. The minimum absolute atomic E-state index is 0.296. The van der Waals surface area contributed by atoms with E-state index in [0.29, 0.717) is 5.56 Å². The molecule has 0 bridgehead atoms. The summed E-state index contributed by atoms with van der Waals surface area (Å²) in [7, 11) is 0. The first-order valence-electron chi connectivity index (χ1n) is 5.71. The third-order valence-corrected chi connectivity index (χ3v) is 2.27. The second kappa shape index (κ2) is 6.30. The standard InChI is InChI=1S/C14H13N3O2/c1-11(8-13-5-3-7-19-13)9-16-17-14(18)12-4-2-6-15-10-12/h2-10H,1H3,(H,17,18)/b11-8-,16-9?. The minimum atomic E-state index is -0.296. The van der Waals surface area contributed by atoms with Gasteiger partial charge < -0.3 is 4.42 Å². The number of pyridine rings is 1. The quantitative estimate of drug-likeness (QED) is 0.674. The summed E-state index contributed by atoms with van der Waals surface area (Å²) in [5.41, 5.74) is 3.76. The molecule has 0 aromatic carbocycles. The van der Waals surface area contributed by atoms with Crippen LogP contribution in [0, 0.1) is 0 Å². The number of furan rings is 1. The minimum Gasteiger partial charge on any atom is -0.465 e. The number of hydrogen-bond donors (Lipinski definition) is 1. The van der Waals surface area contributed by atoms with Gasteiger partial charge in [-0.3, -0.25) is 9.78 Å². The summed E-state index contributed by atoms with van der Waals surface area (Å²) in [5.74, 6) is 0.442. The number of aromatic nitrogens is 1. The van der Waals surface area contributed by atoms with E-state index in [2.05, 4.69) is 15.5 Å². The van der Waals surface area contributed by atoms with E-state index in [4.69, 9.17) is 4.42 Å². The van der Waals surface area contributed by atoms with Gasteiger partial charge in [0.1, 0.15) is 5.76 Å². The summed E-state index contributed by atoms with van der Waals surface area (Å²) in [6.45, 7) is 1.86. The molecule has 1 N–H and O–H groups in total. The maximum absolute atomic E-state index is 11.6. The molecule has 0 saturated carbocycles. The van der Waals surface area contributed by atoms with Gasteiger partial charge in [-0.2, -0.15) is 5.10 Å². The van der Waals surface area contributed by atoms with Crippen LogP contribution in [-0.4, -0.2) is 17.1 Å². The van der Waals surface area contributed by atoms with Gasteiger partial charge >= 0.3 is 0 Å². The summed E-state index contributed by atoms with van der Waals surface area (Å²) >= 11 is 0. The highest BCUT2D eigenvalue weighted by Crippen LogP contribution is 2.05. The summed E-state index contributed by atoms with van der Waals surface area (Å²) in [6.07, 6.45) is 8.06. The third kappa shape index (κ3) is 3.92. The molecule has 5 nitrogen and oxygen atoms in total. The second-order valence-electron chi connectivity index (χ2n) is 3.84. The van der Waals surface area contributed by atoms with Crippen molar-refractivity contribution in [3.63, 3.8) is 0 Å². The van der Waals surface area contributed by atoms with Crippen LogP contribution in [0.2, 0.25) is 0 Å². The Hall–Kier alpha value is -2.69. The molecule has 0 radical (unpaired) electrons. The van der Waals surface area contributed by atoms with Crippen molar-refractivity contribution >= 4 is 18.2 Å². The Labute approximate surface area is 110 Å². The average molecular weight is 255 g/mol. The number of nitrogens with one attached hydrogen (secondary N) is 1. The Morgan fingerprint density at radius 2 is 2.32 bits per heavy atom. The monoisotopic (exact) mass is 255 g/mol. The molecular formula is C14H13N3O2. The molecule has 0 atom stereocenters. The Morgan fingerprint density at radius 1 is 1.42 bits per heavy atom. The Bertz CT molecular complexity index is 586. The van der Waals surface area contributed by atoms with E-state index >= 15 is 0 Å². The van der Waals surface area contributed by atoms with Gasteiger partial charge in [-0.15, -0.1) is 0 Å². The van der Waals surface area contributed by atoms with Crippen molar-refractivity contribution in [2.45, 2.75) is 6.92 Å². The Morgan fingerprint density at radius 3 is 3.00 bits per heavy atom. The van der Waals surface area contributed by atoms with Crippen LogP contribution in [0.3, 0.4) is 0 Å². The highest BCUT2D eigenvalue weighted by atomic mass is 16.3. The molecule has 0 spiro atoms. The summed E-state index contributed by atoms with van der Waals surface area (Å²) in [4.78, 5) is 15.5. The normalized spacial score (nSPS) is 11.7. The van der Waals surface area contributed by atoms with E-state index < -0.39 is 0 Å². The summed E-state index contributed by atoms with van der Waals surface area (Å²) < 4.78 is 5.17. The molecule has 5 heteroatoms. The maximum Gasteiger partial charge on any atom is 0.272 e. The number of rotatable bonds is 4. The van der Waals surface area contributed by atoms with Crippen molar-refractivity contribution in [2.75, 3.05) is 0 Å². The van der Waals surface area contributed by atoms with E-state index in [-0.39, 0.29) is 5.91 Å². The third-order valence-electron chi connectivity index (χ3n) is 2.27. The molecule has 96 valence electrons. The number of amides is 1. The lowest BCUT2D eigenvalue weighted by Gasteiger charge is -1.98. The lowest BCUT2D eigenvalue weighted by molar-refractivity contribution is 0.0955. The molecule has 0 aliphatic carbocycles. The first-order valence-corrected chi connectivity index (χ1v) is 5.71. The van der Waals surface area contributed by atoms with Crippen molar-refractivity contribution in [1.82, 2.24) is 10.4 Å². The van der Waals surface area contributed by atoms with Crippen LogP contribution in [0.15, 0.2) is 58.0 Å². The molecular weight excluding hydrogens is 242 g/mol. The van der Waals surface area contributed by atoms with Crippen LogP contribution >= 0.6 is 0 Å². The molecule has 2 rings (SSSR count). The van der Waals surface area contributed by atoms with Crippen molar-refractivity contribution < 1.29 is 9.21 Å². The van der Waals surface area contributed by atoms with Gasteiger partial charge in [-0.25, -0.2) is 5.43 Å². The average Bonchev–Trinajstić information content (AvgIpc) is 2.92. The molecule has 2 aromatic rings. The first kappa shape index (κ1) is 12.8. The van der Waals surface area contributed by atoms with E-state index in [0.717, 1.165) is 11.3 Å². The summed E-state index contributed by atoms with van der Waals surface area (Å²) in [5, 5.41) is 3.87. The summed E-state index contributed by atoms with van der Waals surface area (Å²) in [6, 6.07) is 7.01. The number of hydrazone groups is 1.